The van der Waals surface area contributed by atoms with Gasteiger partial charge in [0.15, 0.2) is 0 Å². The molecule has 1 aromatic rings. The Labute approximate surface area is 230 Å². The van der Waals surface area contributed by atoms with Crippen molar-refractivity contribution in [3.63, 3.8) is 0 Å². The number of hydrogen-bond donors (Lipinski definition) is 0. The third kappa shape index (κ3) is 7.69. The lowest BCUT2D eigenvalue weighted by Crippen LogP contribution is -2.35. The zero-order valence-corrected chi connectivity index (χ0v) is 29.5. The highest BCUT2D eigenvalue weighted by atomic mass is 35.7. The topological polar surface area (TPSA) is 0 Å². The molecule has 0 spiro atoms. The summed E-state index contributed by atoms with van der Waals surface area (Å²) in [4.78, 5) is 0. The predicted octanol–water partition coefficient (Wildman–Crippen LogP) is 10.8. The van der Waals surface area contributed by atoms with Gasteiger partial charge in [0, 0.05) is 22.2 Å². The van der Waals surface area contributed by atoms with E-state index in [0.717, 1.165) is 27.8 Å². The van der Waals surface area contributed by atoms with Gasteiger partial charge in [0.1, 0.15) is 0 Å². The van der Waals surface area contributed by atoms with Gasteiger partial charge < -0.3 is 0 Å². The van der Waals surface area contributed by atoms with E-state index < -0.39 is 26.8 Å². The van der Waals surface area contributed by atoms with Gasteiger partial charge in [0.2, 0.25) is 0 Å². The van der Waals surface area contributed by atoms with Crippen LogP contribution in [0.4, 0.5) is 0 Å². The van der Waals surface area contributed by atoms with E-state index in [1.165, 1.54) is 0 Å². The lowest BCUT2D eigenvalue weighted by molar-refractivity contribution is 0.864. The van der Waals surface area contributed by atoms with Gasteiger partial charge in [0.25, 0.3) is 26.8 Å². The molecule has 31 heavy (non-hydrogen) atoms. The minimum atomic E-state index is -2.65. The van der Waals surface area contributed by atoms with Gasteiger partial charge in [-0.2, -0.15) is 0 Å². The van der Waals surface area contributed by atoms with E-state index in [0.29, 0.717) is 0 Å². The Bertz CT molecular complexity index is 791. The van der Waals surface area contributed by atoms with Crippen molar-refractivity contribution in [1.82, 2.24) is 0 Å². The second kappa shape index (κ2) is 10.8. The zero-order chi connectivity index (χ0) is 24.9. The molecular formula is C19H32Cl8Si4. The standard InChI is InChI=1S/C19H32Cl8Si4/c1-11-10-16(12(2)28(6,20)21)18(14(4)30(8,24)25)19(15(5)31(9,26)27)17(11)13(3)29(7,22)23/h10,12-15H,1-9H3. The second-order valence-corrected chi connectivity index (χ2v) is 41.5. The lowest BCUT2D eigenvalue weighted by Gasteiger charge is -2.38. The molecule has 180 valence electrons. The van der Waals surface area contributed by atoms with E-state index in [1.807, 2.05) is 26.2 Å². The van der Waals surface area contributed by atoms with Gasteiger partial charge in [-0.3, -0.25) is 0 Å². The fraction of sp³-hybridized carbons (Fsp3) is 0.684. The second-order valence-electron chi connectivity index (χ2n) is 9.24. The van der Waals surface area contributed by atoms with Crippen LogP contribution in [0, 0.1) is 6.92 Å². The quantitative estimate of drug-likeness (QED) is 0.193. The van der Waals surface area contributed by atoms with Crippen molar-refractivity contribution < 1.29 is 0 Å². The molecule has 0 amide bonds. The number of rotatable bonds is 8. The van der Waals surface area contributed by atoms with Gasteiger partial charge >= 0.3 is 0 Å². The minimum absolute atomic E-state index is 0.0394. The lowest BCUT2D eigenvalue weighted by atomic mass is 9.86. The molecule has 0 aromatic heterocycles. The fourth-order valence-electron chi connectivity index (χ4n) is 3.82. The first-order valence-electron chi connectivity index (χ1n) is 10.2. The maximum Gasteiger partial charge on any atom is 0.255 e. The fourth-order valence-corrected chi connectivity index (χ4v) is 9.81. The number of benzene rings is 1. The van der Waals surface area contributed by atoms with Crippen molar-refractivity contribution in [2.24, 2.45) is 0 Å². The smallest absolute Gasteiger partial charge is 0.145 e. The van der Waals surface area contributed by atoms with Crippen LogP contribution in [-0.4, -0.2) is 26.8 Å². The number of hydrogen-bond acceptors (Lipinski definition) is 0. The summed E-state index contributed by atoms with van der Waals surface area (Å²) in [5.41, 5.74) is 5.20. The molecule has 0 nitrogen and oxygen atoms in total. The van der Waals surface area contributed by atoms with Crippen LogP contribution < -0.4 is 0 Å². The summed E-state index contributed by atoms with van der Waals surface area (Å²) in [5.74, 6) is 0. The Morgan fingerprint density at radius 1 is 0.516 bits per heavy atom. The van der Waals surface area contributed by atoms with E-state index in [9.17, 15) is 0 Å². The molecule has 4 atom stereocenters. The highest BCUT2D eigenvalue weighted by molar-refractivity contribution is 7.46. The average molecular weight is 656 g/mol. The van der Waals surface area contributed by atoms with Crippen molar-refractivity contribution in [3.8, 4) is 0 Å². The molecule has 0 radical (unpaired) electrons. The summed E-state index contributed by atoms with van der Waals surface area (Å²) in [6, 6.07) is 2.18. The molecule has 1 rings (SSSR count). The van der Waals surface area contributed by atoms with Crippen molar-refractivity contribution in [1.29, 1.82) is 0 Å². The summed E-state index contributed by atoms with van der Waals surface area (Å²) in [5, 5.41) is 0. The summed E-state index contributed by atoms with van der Waals surface area (Å²) in [7, 11) is 0. The summed E-state index contributed by atoms with van der Waals surface area (Å²) < 4.78 is 0. The highest BCUT2D eigenvalue weighted by Crippen LogP contribution is 2.51. The molecule has 0 saturated carbocycles. The van der Waals surface area contributed by atoms with E-state index >= 15 is 0 Å². The molecule has 0 aliphatic heterocycles. The number of halogens is 8. The third-order valence-electron chi connectivity index (χ3n) is 6.50. The van der Waals surface area contributed by atoms with Crippen LogP contribution in [0.3, 0.4) is 0 Å². The van der Waals surface area contributed by atoms with E-state index in [-0.39, 0.29) is 22.2 Å². The van der Waals surface area contributed by atoms with E-state index in [4.69, 9.17) is 88.6 Å². The molecule has 0 fully saturated rings. The normalized spacial score (nSPS) is 18.0. The zero-order valence-electron chi connectivity index (χ0n) is 19.4. The summed E-state index contributed by atoms with van der Waals surface area (Å²) in [6.07, 6.45) is 0. The molecule has 0 saturated heterocycles. The molecule has 4 unspecified atom stereocenters. The van der Waals surface area contributed by atoms with Gasteiger partial charge in [-0.05, 0) is 60.9 Å². The SMILES string of the molecule is Cc1cc(C(C)[Si](C)(Cl)Cl)c(C(C)[Si](C)(Cl)Cl)c(C(C)[Si](C)(Cl)Cl)c1C(C)[Si](C)(Cl)Cl. The van der Waals surface area contributed by atoms with Crippen LogP contribution in [0.15, 0.2) is 6.07 Å². The first kappa shape index (κ1) is 31.4. The Balaban J connectivity index is 4.27. The van der Waals surface area contributed by atoms with E-state index in [1.54, 1.807) is 0 Å². The van der Waals surface area contributed by atoms with Crippen molar-refractivity contribution >= 4 is 115 Å². The highest BCUT2D eigenvalue weighted by Gasteiger charge is 2.45. The minimum Gasteiger partial charge on any atom is -0.145 e. The Morgan fingerprint density at radius 2 is 0.806 bits per heavy atom. The first-order chi connectivity index (χ1) is 13.5. The Hall–Kier alpha value is 2.41. The largest absolute Gasteiger partial charge is 0.255 e. The molecule has 0 aliphatic rings. The van der Waals surface area contributed by atoms with Crippen molar-refractivity contribution in [3.05, 3.63) is 33.9 Å². The van der Waals surface area contributed by atoms with Gasteiger partial charge in [-0.1, -0.05) is 33.8 Å². The predicted molar refractivity (Wildman–Crippen MR) is 158 cm³/mol. The van der Waals surface area contributed by atoms with E-state index in [2.05, 4.69) is 40.7 Å². The van der Waals surface area contributed by atoms with Crippen LogP contribution in [0.5, 0.6) is 0 Å². The summed E-state index contributed by atoms with van der Waals surface area (Å²) in [6.45, 7) is 7.72. The maximum atomic E-state index is 6.83. The van der Waals surface area contributed by atoms with Gasteiger partial charge in [0.05, 0.1) is 0 Å². The van der Waals surface area contributed by atoms with Crippen molar-refractivity contribution in [2.75, 3.05) is 0 Å². The first-order valence-corrected chi connectivity index (χ1v) is 28.6. The third-order valence-corrected chi connectivity index (χ3v) is 21.6. The van der Waals surface area contributed by atoms with Gasteiger partial charge in [-0.25, -0.2) is 0 Å². The van der Waals surface area contributed by atoms with Crippen molar-refractivity contribution in [2.45, 2.75) is 83.0 Å². The van der Waals surface area contributed by atoms with Gasteiger partial charge in [-0.15, -0.1) is 88.6 Å². The number of aryl methyl sites for hydroxylation is 1. The van der Waals surface area contributed by atoms with Crippen LogP contribution in [-0.2, 0) is 0 Å². The molecule has 12 heteroatoms. The monoisotopic (exact) mass is 652 g/mol. The maximum absolute atomic E-state index is 6.83. The van der Waals surface area contributed by atoms with Crippen LogP contribution in [0.25, 0.3) is 0 Å². The molecule has 0 N–H and O–H groups in total. The molecule has 0 heterocycles. The van der Waals surface area contributed by atoms with Crippen LogP contribution >= 0.6 is 88.6 Å². The summed E-state index contributed by atoms with van der Waals surface area (Å²) >= 11 is 54.2. The molecule has 1 aromatic carbocycles. The molecular weight excluding hydrogens is 624 g/mol. The van der Waals surface area contributed by atoms with Crippen LogP contribution in [0.2, 0.25) is 26.2 Å². The van der Waals surface area contributed by atoms with Crippen LogP contribution in [0.1, 0.15) is 77.7 Å². The molecule has 0 aliphatic carbocycles. The Morgan fingerprint density at radius 3 is 1.13 bits per heavy atom. The molecule has 0 bridgehead atoms. The Kier molecular flexibility index (Phi) is 11.0. The average Bonchev–Trinajstić information content (AvgIpc) is 2.54.